The number of fused-ring (bicyclic) bond motifs is 5. The van der Waals surface area contributed by atoms with E-state index in [-0.39, 0.29) is 0 Å². The van der Waals surface area contributed by atoms with Crippen molar-refractivity contribution in [1.82, 2.24) is 0 Å². The first-order valence-corrected chi connectivity index (χ1v) is 8.46. The first-order valence-electron chi connectivity index (χ1n) is 6.82. The molecule has 0 amide bonds. The van der Waals surface area contributed by atoms with E-state index in [4.69, 9.17) is 0 Å². The minimum atomic E-state index is -0.892. The minimum Gasteiger partial charge on any atom is -0.361 e. The van der Waals surface area contributed by atoms with E-state index in [1.54, 1.807) is 23.5 Å². The third-order valence-corrected chi connectivity index (χ3v) is 6.36. The van der Waals surface area contributed by atoms with Crippen LogP contribution in [0.1, 0.15) is 6.42 Å². The van der Waals surface area contributed by atoms with Crippen molar-refractivity contribution in [3.63, 3.8) is 0 Å². The summed E-state index contributed by atoms with van der Waals surface area (Å²) in [5.74, 6) is 1.03. The van der Waals surface area contributed by atoms with Crippen LogP contribution in [0.2, 0.25) is 0 Å². The maximum atomic E-state index is 11.1. The fourth-order valence-corrected chi connectivity index (χ4v) is 5.60. The minimum absolute atomic E-state index is 0.647. The summed E-state index contributed by atoms with van der Waals surface area (Å²) in [6.45, 7) is 0. The summed E-state index contributed by atoms with van der Waals surface area (Å²) in [6, 6.07) is 16.5. The van der Waals surface area contributed by atoms with Gasteiger partial charge >= 0.3 is 0 Å². The predicted molar refractivity (Wildman–Crippen MR) is 87.3 cm³/mol. The molecule has 0 bridgehead atoms. The molecule has 3 heterocycles. The lowest BCUT2D eigenvalue weighted by molar-refractivity contribution is 0.155. The van der Waals surface area contributed by atoms with Gasteiger partial charge in [-0.3, -0.25) is 4.90 Å². The Labute approximate surface area is 131 Å². The molecular formula is C16H12N2OS2. The summed E-state index contributed by atoms with van der Waals surface area (Å²) in [4.78, 5) is 5.61. The van der Waals surface area contributed by atoms with Gasteiger partial charge in [0.2, 0.25) is 5.06 Å². The van der Waals surface area contributed by atoms with Gasteiger partial charge < -0.3 is 10.4 Å². The van der Waals surface area contributed by atoms with Crippen molar-refractivity contribution in [2.24, 2.45) is 0 Å². The van der Waals surface area contributed by atoms with E-state index < -0.39 is 5.06 Å². The normalized spacial score (nSPS) is 25.1. The van der Waals surface area contributed by atoms with Crippen LogP contribution in [0, 0.1) is 0 Å². The van der Waals surface area contributed by atoms with Crippen molar-refractivity contribution in [2.75, 3.05) is 10.2 Å². The number of thioether (sulfide) groups is 2. The SMILES string of the molecule is OC12CC3=C(Nc4ccccc4S3)N1c1ccccc1S2. The highest BCUT2D eigenvalue weighted by Gasteiger charge is 2.52. The van der Waals surface area contributed by atoms with Gasteiger partial charge in [0, 0.05) is 21.1 Å². The zero-order valence-electron chi connectivity index (χ0n) is 11.0. The lowest BCUT2D eigenvalue weighted by atomic mass is 10.3. The van der Waals surface area contributed by atoms with Crippen LogP contribution < -0.4 is 10.2 Å². The summed E-state index contributed by atoms with van der Waals surface area (Å²) in [7, 11) is 0. The summed E-state index contributed by atoms with van der Waals surface area (Å²) in [6.07, 6.45) is 0.647. The van der Waals surface area contributed by atoms with Crippen molar-refractivity contribution >= 4 is 34.9 Å². The van der Waals surface area contributed by atoms with Crippen LogP contribution in [0.25, 0.3) is 0 Å². The number of nitrogens with one attached hydrogen (secondary N) is 1. The maximum Gasteiger partial charge on any atom is 0.201 e. The number of hydrogen-bond acceptors (Lipinski definition) is 5. The molecule has 1 unspecified atom stereocenters. The molecule has 5 rings (SSSR count). The zero-order chi connectivity index (χ0) is 14.0. The van der Waals surface area contributed by atoms with Gasteiger partial charge in [-0.25, -0.2) is 0 Å². The fraction of sp³-hybridized carbons (Fsp3) is 0.125. The van der Waals surface area contributed by atoms with E-state index in [1.807, 2.05) is 29.2 Å². The Morgan fingerprint density at radius 3 is 2.71 bits per heavy atom. The highest BCUT2D eigenvalue weighted by atomic mass is 32.2. The largest absolute Gasteiger partial charge is 0.361 e. The Hall–Kier alpha value is -1.56. The Morgan fingerprint density at radius 2 is 1.81 bits per heavy atom. The number of benzene rings is 2. The first-order chi connectivity index (χ1) is 10.2. The maximum absolute atomic E-state index is 11.1. The molecule has 0 aromatic heterocycles. The van der Waals surface area contributed by atoms with Crippen molar-refractivity contribution in [3.8, 4) is 0 Å². The molecule has 0 saturated carbocycles. The summed E-state index contributed by atoms with van der Waals surface area (Å²) >= 11 is 3.30. The Balaban J connectivity index is 1.65. The number of rotatable bonds is 0. The number of aliphatic hydroxyl groups is 1. The van der Waals surface area contributed by atoms with Crippen LogP contribution >= 0.6 is 23.5 Å². The molecule has 0 spiro atoms. The Kier molecular flexibility index (Phi) is 2.29. The molecule has 0 radical (unpaired) electrons. The summed E-state index contributed by atoms with van der Waals surface area (Å²) in [5, 5.41) is 13.7. The molecule has 3 aliphatic rings. The standard InChI is InChI=1S/C16H12N2OS2/c19-16-9-14-15(17-10-5-1-3-7-12(10)20-14)18(16)11-6-2-4-8-13(11)21-16/h1-8,17,19H,9H2. The van der Waals surface area contributed by atoms with Crippen LogP contribution in [0.3, 0.4) is 0 Å². The first kappa shape index (κ1) is 12.0. The van der Waals surface area contributed by atoms with Crippen LogP contribution in [0.15, 0.2) is 69.0 Å². The van der Waals surface area contributed by atoms with Crippen LogP contribution in [-0.4, -0.2) is 10.2 Å². The van der Waals surface area contributed by atoms with E-state index in [0.717, 1.165) is 22.1 Å². The molecular weight excluding hydrogens is 300 g/mol. The van der Waals surface area contributed by atoms with E-state index in [1.165, 1.54) is 9.80 Å². The molecule has 104 valence electrons. The number of para-hydroxylation sites is 2. The fourth-order valence-electron chi connectivity index (χ4n) is 3.10. The molecule has 3 nitrogen and oxygen atoms in total. The molecule has 3 aliphatic heterocycles. The highest BCUT2D eigenvalue weighted by Crippen LogP contribution is 2.60. The molecule has 1 atom stereocenters. The molecule has 0 aliphatic carbocycles. The lowest BCUT2D eigenvalue weighted by Crippen LogP contribution is -2.39. The Morgan fingerprint density at radius 1 is 1.05 bits per heavy atom. The van der Waals surface area contributed by atoms with Gasteiger partial charge in [-0.1, -0.05) is 47.8 Å². The zero-order valence-corrected chi connectivity index (χ0v) is 12.7. The molecule has 5 heteroatoms. The van der Waals surface area contributed by atoms with E-state index in [9.17, 15) is 5.11 Å². The van der Waals surface area contributed by atoms with Crippen LogP contribution in [-0.2, 0) is 0 Å². The molecule has 0 fully saturated rings. The average molecular weight is 312 g/mol. The molecule has 2 aromatic rings. The van der Waals surface area contributed by atoms with E-state index in [2.05, 4.69) is 29.6 Å². The lowest BCUT2D eigenvalue weighted by Gasteiger charge is -2.30. The van der Waals surface area contributed by atoms with Crippen molar-refractivity contribution in [2.45, 2.75) is 21.3 Å². The van der Waals surface area contributed by atoms with Gasteiger partial charge in [0.05, 0.1) is 11.4 Å². The van der Waals surface area contributed by atoms with Gasteiger partial charge in [0.1, 0.15) is 5.82 Å². The second-order valence-corrected chi connectivity index (χ2v) is 7.75. The highest BCUT2D eigenvalue weighted by molar-refractivity contribution is 8.04. The number of anilines is 2. The van der Waals surface area contributed by atoms with E-state index in [0.29, 0.717) is 6.42 Å². The van der Waals surface area contributed by atoms with Gasteiger partial charge in [-0.2, -0.15) is 0 Å². The van der Waals surface area contributed by atoms with Crippen LogP contribution in [0.5, 0.6) is 0 Å². The summed E-state index contributed by atoms with van der Waals surface area (Å²) in [5.41, 5.74) is 2.20. The van der Waals surface area contributed by atoms with E-state index >= 15 is 0 Å². The molecule has 2 N–H and O–H groups in total. The van der Waals surface area contributed by atoms with Gasteiger partial charge in [0.15, 0.2) is 0 Å². The van der Waals surface area contributed by atoms with Crippen LogP contribution in [0.4, 0.5) is 11.4 Å². The monoisotopic (exact) mass is 312 g/mol. The average Bonchev–Trinajstić information content (AvgIpc) is 2.92. The Bertz CT molecular complexity index is 804. The number of nitrogens with zero attached hydrogens (tertiary/aromatic N) is 1. The van der Waals surface area contributed by atoms with Crippen molar-refractivity contribution in [3.05, 3.63) is 59.3 Å². The van der Waals surface area contributed by atoms with Crippen molar-refractivity contribution in [1.29, 1.82) is 0 Å². The second-order valence-electron chi connectivity index (χ2n) is 5.32. The molecule has 0 saturated heterocycles. The van der Waals surface area contributed by atoms with Gasteiger partial charge in [-0.15, -0.1) is 0 Å². The second kappa shape index (κ2) is 4.00. The summed E-state index contributed by atoms with van der Waals surface area (Å²) < 4.78 is 0. The van der Waals surface area contributed by atoms with Gasteiger partial charge in [0.25, 0.3) is 0 Å². The quantitative estimate of drug-likeness (QED) is 0.768. The van der Waals surface area contributed by atoms with Crippen molar-refractivity contribution < 1.29 is 5.11 Å². The smallest absolute Gasteiger partial charge is 0.201 e. The molecule has 21 heavy (non-hydrogen) atoms. The third-order valence-electron chi connectivity index (χ3n) is 3.98. The predicted octanol–water partition coefficient (Wildman–Crippen LogP) is 4.04. The number of hydrogen-bond donors (Lipinski definition) is 2. The third kappa shape index (κ3) is 1.56. The molecule has 2 aromatic carbocycles. The topological polar surface area (TPSA) is 35.5 Å². The van der Waals surface area contributed by atoms with Gasteiger partial charge in [-0.05, 0) is 24.3 Å².